The lowest BCUT2D eigenvalue weighted by atomic mass is 10.0. The largest absolute Gasteiger partial charge is 0.416 e. The summed E-state index contributed by atoms with van der Waals surface area (Å²) in [6.07, 6.45) is -2.98. The van der Waals surface area contributed by atoms with Gasteiger partial charge in [-0.25, -0.2) is 8.78 Å². The molecule has 9 heteroatoms. The zero-order valence-corrected chi connectivity index (χ0v) is 22.6. The van der Waals surface area contributed by atoms with Crippen molar-refractivity contribution < 1.29 is 22.0 Å². The van der Waals surface area contributed by atoms with Gasteiger partial charge < -0.3 is 16.8 Å². The van der Waals surface area contributed by atoms with E-state index in [9.17, 15) is 22.0 Å². The summed E-state index contributed by atoms with van der Waals surface area (Å²) in [5, 5.41) is 3.56. The highest BCUT2D eigenvalue weighted by atomic mass is 31.0. The van der Waals surface area contributed by atoms with E-state index in [1.807, 2.05) is 39.0 Å². The van der Waals surface area contributed by atoms with Crippen molar-refractivity contribution in [1.82, 2.24) is 0 Å². The van der Waals surface area contributed by atoms with Crippen LogP contribution in [0.1, 0.15) is 49.4 Å². The molecule has 0 bridgehead atoms. The number of aryl methyl sites for hydroxylation is 1. The smallest absolute Gasteiger partial charge is 0.398 e. The van der Waals surface area contributed by atoms with Crippen LogP contribution in [0.5, 0.6) is 0 Å². The predicted molar refractivity (Wildman–Crippen MR) is 146 cm³/mol. The highest BCUT2D eigenvalue weighted by molar-refractivity contribution is 7.27. The number of benzene rings is 3. The zero-order chi connectivity index (χ0) is 27.9. The first-order chi connectivity index (χ1) is 17.0. The van der Waals surface area contributed by atoms with Gasteiger partial charge in [0, 0.05) is 24.7 Å². The van der Waals surface area contributed by atoms with Gasteiger partial charge in [0.05, 0.1) is 11.3 Å². The van der Waals surface area contributed by atoms with Gasteiger partial charge in [0.25, 0.3) is 0 Å². The Morgan fingerprint density at radius 3 is 2.06 bits per heavy atom. The summed E-state index contributed by atoms with van der Waals surface area (Å²) in [6, 6.07) is 13.8. The molecule has 0 amide bonds. The maximum atomic E-state index is 13.9. The fourth-order valence-corrected chi connectivity index (χ4v) is 3.32. The molecule has 1 unspecified atom stereocenters. The highest BCUT2D eigenvalue weighted by Gasteiger charge is 2.32. The van der Waals surface area contributed by atoms with E-state index in [0.29, 0.717) is 35.2 Å². The minimum Gasteiger partial charge on any atom is -0.398 e. The van der Waals surface area contributed by atoms with Crippen molar-refractivity contribution in [3.63, 3.8) is 0 Å². The molecule has 0 saturated carbocycles. The molecule has 0 radical (unpaired) electrons. The number of halogens is 5. The van der Waals surface area contributed by atoms with Crippen LogP contribution in [0, 0.1) is 18.6 Å². The third-order valence-electron chi connectivity index (χ3n) is 4.69. The number of rotatable bonds is 5. The molecule has 3 nitrogen and oxygen atoms in total. The number of para-hydroxylation sites is 1. The molecule has 3 aromatic rings. The maximum absolute atomic E-state index is 13.9. The molecule has 36 heavy (non-hydrogen) atoms. The molecule has 1 atom stereocenters. The van der Waals surface area contributed by atoms with E-state index in [0.717, 1.165) is 24.1 Å². The van der Waals surface area contributed by atoms with Crippen LogP contribution in [-0.4, -0.2) is 13.6 Å². The number of nitrogens with two attached hydrogens (primary N) is 2. The summed E-state index contributed by atoms with van der Waals surface area (Å²) < 4.78 is 64.0. The van der Waals surface area contributed by atoms with Crippen LogP contribution in [0.25, 0.3) is 0 Å². The first kappa shape index (κ1) is 33.3. The van der Waals surface area contributed by atoms with Gasteiger partial charge in [0.2, 0.25) is 0 Å². The van der Waals surface area contributed by atoms with Crippen molar-refractivity contribution in [2.75, 3.05) is 24.6 Å². The normalized spacial score (nSPS) is 10.1. The molecule has 0 aliphatic rings. The average molecular weight is 530 g/mol. The molecule has 3 aromatic carbocycles. The first-order valence-corrected chi connectivity index (χ1v) is 12.2. The molecule has 0 fully saturated rings. The predicted octanol–water partition coefficient (Wildman–Crippen LogP) is 7.08. The summed E-state index contributed by atoms with van der Waals surface area (Å²) in [5.41, 5.74) is 12.5. The van der Waals surface area contributed by atoms with Gasteiger partial charge in [-0.15, -0.1) is 9.24 Å². The Balaban J connectivity index is 0.000000655. The molecule has 0 saturated heterocycles. The second-order valence-electron chi connectivity index (χ2n) is 7.30. The molecule has 0 aliphatic heterocycles. The first-order valence-electron chi connectivity index (χ1n) is 11.6. The van der Waals surface area contributed by atoms with Crippen molar-refractivity contribution in [3.8, 4) is 0 Å². The van der Waals surface area contributed by atoms with Crippen LogP contribution in [0.2, 0.25) is 0 Å². The van der Waals surface area contributed by atoms with Crippen molar-refractivity contribution in [2.45, 2.75) is 46.7 Å². The van der Waals surface area contributed by atoms with Gasteiger partial charge in [0.15, 0.2) is 0 Å². The van der Waals surface area contributed by atoms with Crippen LogP contribution in [0.4, 0.5) is 33.3 Å². The third kappa shape index (κ3) is 10.9. The minimum absolute atomic E-state index is 0.258. The second kappa shape index (κ2) is 16.9. The average Bonchev–Trinajstić information content (AvgIpc) is 2.84. The van der Waals surface area contributed by atoms with Crippen LogP contribution in [0.15, 0.2) is 54.6 Å². The van der Waals surface area contributed by atoms with Crippen LogP contribution < -0.4 is 22.1 Å². The Bertz CT molecular complexity index is 1060. The van der Waals surface area contributed by atoms with Crippen molar-refractivity contribution >= 4 is 25.9 Å². The fraction of sp³-hybridized carbons (Fsp3) is 0.333. The summed E-state index contributed by atoms with van der Waals surface area (Å²) in [6.45, 7) is 8.08. The van der Waals surface area contributed by atoms with E-state index in [1.54, 1.807) is 12.1 Å². The van der Waals surface area contributed by atoms with Crippen molar-refractivity contribution in [1.29, 1.82) is 0 Å². The van der Waals surface area contributed by atoms with Gasteiger partial charge >= 0.3 is 6.18 Å². The van der Waals surface area contributed by atoms with Gasteiger partial charge in [-0.3, -0.25) is 0 Å². The third-order valence-corrected chi connectivity index (χ3v) is 5.05. The van der Waals surface area contributed by atoms with Crippen LogP contribution in [-0.2, 0) is 12.6 Å². The van der Waals surface area contributed by atoms with Crippen molar-refractivity contribution in [2.24, 2.45) is 5.73 Å². The van der Waals surface area contributed by atoms with E-state index in [4.69, 9.17) is 5.73 Å². The number of nitrogen functional groups attached to an aromatic ring is 1. The molecule has 0 aromatic heterocycles. The Labute approximate surface area is 213 Å². The molecule has 200 valence electrons. The highest BCUT2D eigenvalue weighted by Crippen LogP contribution is 2.31. The number of hydrogen-bond acceptors (Lipinski definition) is 3. The maximum Gasteiger partial charge on any atom is 0.416 e. The molecule has 0 aliphatic carbocycles. The lowest BCUT2D eigenvalue weighted by molar-refractivity contribution is -0.138. The monoisotopic (exact) mass is 529 g/mol. The molecular weight excluding hydrogens is 492 g/mol. The molecule has 0 heterocycles. The fourth-order valence-electron chi connectivity index (χ4n) is 3.06. The lowest BCUT2D eigenvalue weighted by Crippen LogP contribution is -2.10. The summed E-state index contributed by atoms with van der Waals surface area (Å²) >= 11 is 0. The van der Waals surface area contributed by atoms with E-state index in [-0.39, 0.29) is 5.56 Å². The number of hydrogen-bond donors (Lipinski definition) is 3. The Kier molecular flexibility index (Phi) is 15.6. The zero-order valence-electron chi connectivity index (χ0n) is 21.4. The van der Waals surface area contributed by atoms with E-state index >= 15 is 0 Å². The summed E-state index contributed by atoms with van der Waals surface area (Å²) in [4.78, 5) is 0. The minimum atomic E-state index is -4.24. The summed E-state index contributed by atoms with van der Waals surface area (Å²) in [7, 11) is 3.74. The van der Waals surface area contributed by atoms with Gasteiger partial charge in [-0.2, -0.15) is 13.2 Å². The molecule has 0 spiro atoms. The lowest BCUT2D eigenvalue weighted by Gasteiger charge is -2.14. The number of alkyl halides is 3. The standard InChI is InChI=1S/C16H18F2N2.C8H8F3P.C2H6.CH5N/c1-2-7-20-16-12(9-13(17)10-14(16)18)8-11-5-3-4-6-15(11)19;1-5-2-3-6(12)4-7(5)8(9,10)11;2*1-2/h3-6,9-10,20H,2,7-8,19H2,1H3;2-4H,12H2,1H3;1-2H3;2H2,1H3. The number of anilines is 2. The molecular formula is C27H37F5N3P. The van der Waals surface area contributed by atoms with E-state index in [1.165, 1.54) is 26.1 Å². The van der Waals surface area contributed by atoms with E-state index < -0.39 is 23.4 Å². The second-order valence-corrected chi connectivity index (χ2v) is 7.96. The van der Waals surface area contributed by atoms with Crippen LogP contribution in [0.3, 0.4) is 0 Å². The topological polar surface area (TPSA) is 64.1 Å². The van der Waals surface area contributed by atoms with Gasteiger partial charge in [-0.05, 0) is 60.6 Å². The van der Waals surface area contributed by atoms with E-state index in [2.05, 4.69) is 20.3 Å². The number of nitrogens with one attached hydrogen (secondary N) is 1. The van der Waals surface area contributed by atoms with Gasteiger partial charge in [0.1, 0.15) is 11.6 Å². The van der Waals surface area contributed by atoms with Crippen molar-refractivity contribution in [3.05, 3.63) is 88.5 Å². The molecule has 3 rings (SSSR count). The van der Waals surface area contributed by atoms with Gasteiger partial charge in [-0.1, -0.05) is 51.1 Å². The Morgan fingerprint density at radius 1 is 0.917 bits per heavy atom. The Hall–Kier alpha value is -2.70. The Morgan fingerprint density at radius 2 is 1.53 bits per heavy atom. The SMILES string of the molecule is CC.CCCNc1c(F)cc(F)cc1Cc1ccccc1N.CN.Cc1ccc(P)cc1C(F)(F)F. The summed E-state index contributed by atoms with van der Waals surface area (Å²) in [5.74, 6) is -1.14. The molecule has 5 N–H and O–H groups in total. The van der Waals surface area contributed by atoms with Crippen LogP contribution >= 0.6 is 9.24 Å². The quantitative estimate of drug-likeness (QED) is 0.188.